The summed E-state index contributed by atoms with van der Waals surface area (Å²) in [5.41, 5.74) is 1.92. The maximum Gasteiger partial charge on any atom is 0.227 e. The highest BCUT2D eigenvalue weighted by Crippen LogP contribution is 2.64. The summed E-state index contributed by atoms with van der Waals surface area (Å²) in [5.74, 6) is -0.156. The molecule has 0 atom stereocenters. The van der Waals surface area contributed by atoms with Crippen LogP contribution in [0.5, 0.6) is 0 Å². The molecule has 2 spiro atoms. The Labute approximate surface area is 152 Å². The van der Waals surface area contributed by atoms with Gasteiger partial charge in [0, 0.05) is 29.6 Å². The predicted molar refractivity (Wildman–Crippen MR) is 95.7 cm³/mol. The first-order chi connectivity index (χ1) is 12.5. The lowest BCUT2D eigenvalue weighted by atomic mass is 9.71. The van der Waals surface area contributed by atoms with E-state index in [-0.39, 0.29) is 36.0 Å². The molecule has 4 fully saturated rings. The van der Waals surface area contributed by atoms with Crippen molar-refractivity contribution in [2.75, 3.05) is 5.32 Å². The van der Waals surface area contributed by atoms with Gasteiger partial charge in [0.1, 0.15) is 5.82 Å². The van der Waals surface area contributed by atoms with Crippen molar-refractivity contribution in [1.82, 2.24) is 5.32 Å². The summed E-state index contributed by atoms with van der Waals surface area (Å²) in [7, 11) is 0. The minimum absolute atomic E-state index is 0.00182. The van der Waals surface area contributed by atoms with E-state index in [0.29, 0.717) is 22.1 Å². The van der Waals surface area contributed by atoms with Crippen LogP contribution < -0.4 is 10.6 Å². The molecule has 0 radical (unpaired) electrons. The number of nitrogens with one attached hydrogen (secondary N) is 2. The van der Waals surface area contributed by atoms with Crippen LogP contribution in [0.4, 0.5) is 10.1 Å². The lowest BCUT2D eigenvalue weighted by Gasteiger charge is -2.34. The molecule has 138 valence electrons. The molecule has 2 amide bonds. The van der Waals surface area contributed by atoms with Gasteiger partial charge < -0.3 is 10.6 Å². The predicted octanol–water partition coefficient (Wildman–Crippen LogP) is 3.76. The smallest absolute Gasteiger partial charge is 0.227 e. The standard InChI is InChI=1S/C21H25FN2O2/c22-17-7-16(24-19(26)15-10-21(11-15)5-6-21)2-1-13(17)12-23-18(25)14-8-20(9-14)3-4-20/h1-2,7,14-15H,3-6,8-12H2,(H,23,25)(H,24,26). The van der Waals surface area contributed by atoms with Crippen molar-refractivity contribution in [3.63, 3.8) is 0 Å². The number of halogens is 1. The van der Waals surface area contributed by atoms with Crippen LogP contribution in [0.15, 0.2) is 18.2 Å². The van der Waals surface area contributed by atoms with E-state index < -0.39 is 0 Å². The summed E-state index contributed by atoms with van der Waals surface area (Å²) < 4.78 is 14.3. The molecule has 4 aliphatic carbocycles. The Balaban J connectivity index is 1.12. The van der Waals surface area contributed by atoms with Crippen molar-refractivity contribution in [2.45, 2.75) is 57.9 Å². The van der Waals surface area contributed by atoms with E-state index in [1.165, 1.54) is 31.7 Å². The van der Waals surface area contributed by atoms with Crippen LogP contribution in [-0.2, 0) is 16.1 Å². The van der Waals surface area contributed by atoms with Crippen LogP contribution in [0.25, 0.3) is 0 Å². The van der Waals surface area contributed by atoms with E-state index >= 15 is 0 Å². The summed E-state index contributed by atoms with van der Waals surface area (Å²) in [6.07, 6.45) is 8.99. The number of rotatable bonds is 5. The minimum Gasteiger partial charge on any atom is -0.352 e. The Morgan fingerprint density at radius 3 is 2.08 bits per heavy atom. The largest absolute Gasteiger partial charge is 0.352 e. The third-order valence-electron chi connectivity index (χ3n) is 7.15. The molecule has 0 aliphatic heterocycles. The number of carbonyl (C=O) groups excluding carboxylic acids is 2. The molecule has 0 heterocycles. The maximum absolute atomic E-state index is 14.3. The van der Waals surface area contributed by atoms with Crippen molar-refractivity contribution >= 4 is 17.5 Å². The highest BCUT2D eigenvalue weighted by atomic mass is 19.1. The van der Waals surface area contributed by atoms with Gasteiger partial charge in [0.15, 0.2) is 0 Å². The SMILES string of the molecule is O=C(NCc1ccc(NC(=O)C2CC3(CC3)C2)cc1F)C1CC2(CC2)C1. The maximum atomic E-state index is 14.3. The number of benzene rings is 1. The van der Waals surface area contributed by atoms with E-state index in [0.717, 1.165) is 25.7 Å². The van der Waals surface area contributed by atoms with E-state index in [1.807, 2.05) is 0 Å². The van der Waals surface area contributed by atoms with Gasteiger partial charge in [-0.25, -0.2) is 4.39 Å². The third-order valence-corrected chi connectivity index (χ3v) is 7.15. The van der Waals surface area contributed by atoms with E-state index in [1.54, 1.807) is 12.1 Å². The Morgan fingerprint density at radius 2 is 1.54 bits per heavy atom. The lowest BCUT2D eigenvalue weighted by Crippen LogP contribution is -2.39. The molecule has 1 aromatic rings. The minimum atomic E-state index is -0.386. The Hall–Kier alpha value is -1.91. The van der Waals surface area contributed by atoms with Gasteiger partial charge in [0.2, 0.25) is 11.8 Å². The second-order valence-electron chi connectivity index (χ2n) is 9.22. The molecule has 4 aliphatic rings. The zero-order valence-electron chi connectivity index (χ0n) is 14.9. The zero-order chi connectivity index (χ0) is 17.9. The van der Waals surface area contributed by atoms with E-state index in [4.69, 9.17) is 0 Å². The Bertz CT molecular complexity index is 766. The number of carbonyl (C=O) groups is 2. The van der Waals surface area contributed by atoms with Gasteiger partial charge in [-0.15, -0.1) is 0 Å². The van der Waals surface area contributed by atoms with Gasteiger partial charge in [-0.2, -0.15) is 0 Å². The van der Waals surface area contributed by atoms with Crippen molar-refractivity contribution in [1.29, 1.82) is 0 Å². The molecule has 0 aromatic heterocycles. The molecule has 0 unspecified atom stereocenters. The van der Waals surface area contributed by atoms with Crippen LogP contribution >= 0.6 is 0 Å². The number of hydrogen-bond acceptors (Lipinski definition) is 2. The molecule has 0 saturated heterocycles. The quantitative estimate of drug-likeness (QED) is 0.844. The second-order valence-corrected chi connectivity index (χ2v) is 9.22. The Morgan fingerprint density at radius 1 is 0.962 bits per heavy atom. The zero-order valence-corrected chi connectivity index (χ0v) is 14.9. The fourth-order valence-electron chi connectivity index (χ4n) is 4.85. The van der Waals surface area contributed by atoms with Crippen LogP contribution in [-0.4, -0.2) is 11.8 Å². The first-order valence-electron chi connectivity index (χ1n) is 9.83. The summed E-state index contributed by atoms with van der Waals surface area (Å²) in [5, 5.41) is 5.68. The average Bonchev–Trinajstić information content (AvgIpc) is 3.43. The summed E-state index contributed by atoms with van der Waals surface area (Å²) in [4.78, 5) is 24.3. The second kappa shape index (κ2) is 5.54. The van der Waals surface area contributed by atoms with Gasteiger partial charge in [0.05, 0.1) is 0 Å². The van der Waals surface area contributed by atoms with Crippen LogP contribution in [0.2, 0.25) is 0 Å². The van der Waals surface area contributed by atoms with Crippen LogP contribution in [0.1, 0.15) is 56.9 Å². The fourth-order valence-corrected chi connectivity index (χ4v) is 4.85. The molecule has 5 heteroatoms. The lowest BCUT2D eigenvalue weighted by molar-refractivity contribution is -0.130. The molecule has 5 rings (SSSR count). The van der Waals surface area contributed by atoms with Gasteiger partial charge in [-0.05, 0) is 74.3 Å². The number of anilines is 1. The highest BCUT2D eigenvalue weighted by Gasteiger charge is 2.55. The van der Waals surface area contributed by atoms with E-state index in [9.17, 15) is 14.0 Å². The summed E-state index contributed by atoms with van der Waals surface area (Å²) in [6.45, 7) is 0.202. The van der Waals surface area contributed by atoms with Gasteiger partial charge in [-0.3, -0.25) is 9.59 Å². The summed E-state index contributed by atoms with van der Waals surface area (Å²) in [6, 6.07) is 4.72. The van der Waals surface area contributed by atoms with Crippen molar-refractivity contribution in [3.8, 4) is 0 Å². The third kappa shape index (κ3) is 2.91. The normalized spacial score (nSPS) is 26.7. The topological polar surface area (TPSA) is 58.2 Å². The molecule has 2 N–H and O–H groups in total. The molecular formula is C21H25FN2O2. The van der Waals surface area contributed by atoms with Crippen molar-refractivity contribution < 1.29 is 14.0 Å². The first kappa shape index (κ1) is 16.3. The van der Waals surface area contributed by atoms with E-state index in [2.05, 4.69) is 10.6 Å². The van der Waals surface area contributed by atoms with Crippen molar-refractivity contribution in [3.05, 3.63) is 29.6 Å². The summed E-state index contributed by atoms with van der Waals surface area (Å²) >= 11 is 0. The van der Waals surface area contributed by atoms with Gasteiger partial charge >= 0.3 is 0 Å². The monoisotopic (exact) mass is 356 g/mol. The first-order valence-corrected chi connectivity index (χ1v) is 9.83. The molecule has 4 nitrogen and oxygen atoms in total. The molecular weight excluding hydrogens is 331 g/mol. The van der Waals surface area contributed by atoms with Gasteiger partial charge in [0.25, 0.3) is 0 Å². The van der Waals surface area contributed by atoms with Crippen LogP contribution in [0, 0.1) is 28.5 Å². The average molecular weight is 356 g/mol. The molecule has 26 heavy (non-hydrogen) atoms. The highest BCUT2D eigenvalue weighted by molar-refractivity contribution is 5.93. The number of amides is 2. The molecule has 4 saturated carbocycles. The van der Waals surface area contributed by atoms with Crippen molar-refractivity contribution in [2.24, 2.45) is 22.7 Å². The number of hydrogen-bond donors (Lipinski definition) is 2. The molecule has 0 bridgehead atoms. The molecule has 1 aromatic carbocycles. The fraction of sp³-hybridized carbons (Fsp3) is 0.619. The van der Waals surface area contributed by atoms with Crippen LogP contribution in [0.3, 0.4) is 0 Å². The Kier molecular flexibility index (Phi) is 3.47. The van der Waals surface area contributed by atoms with Gasteiger partial charge in [-0.1, -0.05) is 6.07 Å².